The number of rotatable bonds is 11. The predicted octanol–water partition coefficient (Wildman–Crippen LogP) is 1.01. The highest BCUT2D eigenvalue weighted by molar-refractivity contribution is 5.89. The fraction of sp³-hybridized carbons (Fsp3) is 0.529. The number of carbonyl (C=O) groups is 2. The van der Waals surface area contributed by atoms with Gasteiger partial charge in [-0.3, -0.25) is 9.59 Å². The SMILES string of the molecule is [2H]c1c([2H])c([2H])c(C([2H])([2H])[C@]([2H])(CC(=O)[C@@H](N)CCCCNC)C(N)=O)c([2H])c1[2H]. The number of ketones is 1. The monoisotopic (exact) mass is 313 g/mol. The van der Waals surface area contributed by atoms with Crippen LogP contribution in [0.4, 0.5) is 0 Å². The maximum Gasteiger partial charge on any atom is 0.221 e. The van der Waals surface area contributed by atoms with Crippen molar-refractivity contribution in [2.45, 2.75) is 38.1 Å². The molecule has 2 atom stereocenters. The number of unbranched alkanes of at least 4 members (excludes halogenated alkanes) is 1. The van der Waals surface area contributed by atoms with E-state index in [9.17, 15) is 9.59 Å². The van der Waals surface area contributed by atoms with Crippen LogP contribution in [0, 0.1) is 5.89 Å². The van der Waals surface area contributed by atoms with Crippen molar-refractivity contribution < 1.29 is 20.6 Å². The molecule has 5 N–H and O–H groups in total. The average Bonchev–Trinajstić information content (AvgIpc) is 2.67. The van der Waals surface area contributed by atoms with Crippen LogP contribution < -0.4 is 16.8 Å². The molecule has 0 spiro atoms. The molecule has 0 aliphatic carbocycles. The van der Waals surface area contributed by atoms with Crippen molar-refractivity contribution in [2.75, 3.05) is 13.6 Å². The molecule has 1 aromatic carbocycles. The van der Waals surface area contributed by atoms with Crippen molar-refractivity contribution >= 4 is 11.7 Å². The summed E-state index contributed by atoms with van der Waals surface area (Å²) >= 11 is 0. The first kappa shape index (κ1) is 9.43. The second-order valence-corrected chi connectivity index (χ2v) is 4.82. The lowest BCUT2D eigenvalue weighted by Crippen LogP contribution is -2.35. The Morgan fingerprint density at radius 1 is 1.36 bits per heavy atom. The third-order valence-electron chi connectivity index (χ3n) is 3.03. The van der Waals surface area contributed by atoms with Crippen LogP contribution in [-0.4, -0.2) is 31.3 Å². The summed E-state index contributed by atoms with van der Waals surface area (Å²) in [6.07, 6.45) is -2.57. The van der Waals surface area contributed by atoms with Crippen LogP contribution in [0.5, 0.6) is 0 Å². The molecule has 0 bridgehead atoms. The van der Waals surface area contributed by atoms with E-state index in [0.29, 0.717) is 13.0 Å². The van der Waals surface area contributed by atoms with Gasteiger partial charge in [0, 0.05) is 16.4 Å². The molecule has 0 heterocycles. The molecular formula is C17H27N3O2. The molecule has 0 fully saturated rings. The summed E-state index contributed by atoms with van der Waals surface area (Å²) in [5.41, 5.74) is 10.2. The summed E-state index contributed by atoms with van der Waals surface area (Å²) in [4.78, 5) is 24.6. The van der Waals surface area contributed by atoms with E-state index in [-0.39, 0.29) is 6.42 Å². The third-order valence-corrected chi connectivity index (χ3v) is 3.03. The first-order valence-corrected chi connectivity index (χ1v) is 7.04. The maximum atomic E-state index is 12.5. The highest BCUT2D eigenvalue weighted by Gasteiger charge is 2.23. The van der Waals surface area contributed by atoms with E-state index in [1.54, 1.807) is 7.05 Å². The lowest BCUT2D eigenvalue weighted by Gasteiger charge is -2.16. The van der Waals surface area contributed by atoms with Crippen molar-refractivity contribution in [3.8, 4) is 0 Å². The Kier molecular flexibility index (Phi) is 4.32. The number of Topliss-reactive ketones (excluding diaryl/α,β-unsaturated/α-hetero) is 1. The summed E-state index contributed by atoms with van der Waals surface area (Å²) in [6.45, 7) is 0.711. The lowest BCUT2D eigenvalue weighted by atomic mass is 9.90. The van der Waals surface area contributed by atoms with Gasteiger partial charge in [-0.25, -0.2) is 0 Å². The van der Waals surface area contributed by atoms with E-state index in [0.717, 1.165) is 6.42 Å². The number of primary amides is 1. The molecule has 1 rings (SSSR count). The quantitative estimate of drug-likeness (QED) is 0.531. The summed E-state index contributed by atoms with van der Waals surface area (Å²) < 4.78 is 64.0. The second kappa shape index (κ2) is 10.1. The number of amides is 1. The van der Waals surface area contributed by atoms with Gasteiger partial charge in [-0.05, 0) is 38.4 Å². The maximum absolute atomic E-state index is 12.5. The Bertz CT molecular complexity index is 792. The van der Waals surface area contributed by atoms with Gasteiger partial charge < -0.3 is 16.8 Å². The van der Waals surface area contributed by atoms with Crippen molar-refractivity contribution in [1.29, 1.82) is 0 Å². The zero-order valence-corrected chi connectivity index (χ0v) is 12.6. The van der Waals surface area contributed by atoms with Crippen LogP contribution >= 0.6 is 0 Å². The fourth-order valence-electron chi connectivity index (χ4n) is 1.79. The van der Waals surface area contributed by atoms with Crippen molar-refractivity contribution in [1.82, 2.24) is 5.32 Å². The van der Waals surface area contributed by atoms with Gasteiger partial charge in [0.25, 0.3) is 0 Å². The fourth-order valence-corrected chi connectivity index (χ4v) is 1.79. The third kappa shape index (κ3) is 6.83. The summed E-state index contributed by atoms with van der Waals surface area (Å²) in [5, 5.41) is 2.94. The Labute approximate surface area is 143 Å². The molecule has 1 aromatic rings. The standard InChI is InChI=1S/C17H27N3O2/c1-20-10-6-5-9-15(18)16(21)12-14(17(19)22)11-13-7-3-2-4-8-13/h2-4,7-8,14-15,20H,5-6,9-12,18H2,1H3,(H2,19,22)/t14-,15+/m1/s1/i2D,3D,4D,7D,8D,11D2,14D. The van der Waals surface area contributed by atoms with Gasteiger partial charge in [-0.2, -0.15) is 0 Å². The molecule has 0 aliphatic heterocycles. The number of benzene rings is 1. The van der Waals surface area contributed by atoms with Gasteiger partial charge in [0.1, 0.15) is 5.78 Å². The minimum atomic E-state index is -3.16. The van der Waals surface area contributed by atoms with E-state index in [1.807, 2.05) is 0 Å². The number of nitrogens with two attached hydrogens (primary N) is 2. The topological polar surface area (TPSA) is 98.2 Å². The van der Waals surface area contributed by atoms with Gasteiger partial charge in [-0.1, -0.05) is 36.6 Å². The molecule has 0 radical (unpaired) electrons. The molecule has 0 aliphatic rings. The van der Waals surface area contributed by atoms with Crippen LogP contribution in [0.3, 0.4) is 0 Å². The van der Waals surface area contributed by atoms with Gasteiger partial charge in [0.2, 0.25) is 5.91 Å². The van der Waals surface area contributed by atoms with E-state index in [4.69, 9.17) is 22.4 Å². The lowest BCUT2D eigenvalue weighted by molar-refractivity contribution is -0.128. The normalized spacial score (nSPS) is 20.8. The molecule has 5 nitrogen and oxygen atoms in total. The van der Waals surface area contributed by atoms with E-state index in [1.165, 1.54) is 0 Å². The number of hydrogen-bond acceptors (Lipinski definition) is 4. The van der Waals surface area contributed by atoms with Gasteiger partial charge >= 0.3 is 0 Å². The summed E-state index contributed by atoms with van der Waals surface area (Å²) in [6, 6.07) is -5.27. The Balaban J connectivity index is 3.35. The van der Waals surface area contributed by atoms with E-state index >= 15 is 0 Å². The summed E-state index contributed by atoms with van der Waals surface area (Å²) in [5.74, 6) is -5.21. The second-order valence-electron chi connectivity index (χ2n) is 4.82. The average molecular weight is 313 g/mol. The zero-order chi connectivity index (χ0) is 23.4. The van der Waals surface area contributed by atoms with Crippen LogP contribution in [0.25, 0.3) is 0 Å². The van der Waals surface area contributed by atoms with Crippen molar-refractivity contribution in [2.24, 2.45) is 17.4 Å². The Hall–Kier alpha value is -1.72. The number of carbonyl (C=O) groups excluding carboxylic acids is 2. The van der Waals surface area contributed by atoms with Crippen LogP contribution in [0.2, 0.25) is 0 Å². The molecule has 0 aromatic heterocycles. The largest absolute Gasteiger partial charge is 0.369 e. The Morgan fingerprint density at radius 3 is 2.64 bits per heavy atom. The van der Waals surface area contributed by atoms with Gasteiger partial charge in [0.05, 0.1) is 12.9 Å². The van der Waals surface area contributed by atoms with Gasteiger partial charge in [-0.15, -0.1) is 0 Å². The molecule has 5 heteroatoms. The number of nitrogens with one attached hydrogen (secondary N) is 1. The molecule has 0 unspecified atom stereocenters. The molecule has 0 saturated carbocycles. The van der Waals surface area contributed by atoms with Crippen LogP contribution in [-0.2, 0) is 16.0 Å². The highest BCUT2D eigenvalue weighted by Crippen LogP contribution is 2.14. The molecule has 0 saturated heterocycles. The Morgan fingerprint density at radius 2 is 2.05 bits per heavy atom. The predicted molar refractivity (Wildman–Crippen MR) is 88.2 cm³/mol. The van der Waals surface area contributed by atoms with Crippen LogP contribution in [0.1, 0.15) is 42.2 Å². The van der Waals surface area contributed by atoms with Crippen LogP contribution in [0.15, 0.2) is 30.2 Å². The first-order valence-electron chi connectivity index (χ1n) is 11.0. The summed E-state index contributed by atoms with van der Waals surface area (Å²) in [7, 11) is 1.77. The van der Waals surface area contributed by atoms with E-state index < -0.39 is 72.2 Å². The van der Waals surface area contributed by atoms with E-state index in [2.05, 4.69) is 5.32 Å². The smallest absolute Gasteiger partial charge is 0.221 e. The van der Waals surface area contributed by atoms with Gasteiger partial charge in [0.15, 0.2) is 0 Å². The molecule has 122 valence electrons. The van der Waals surface area contributed by atoms with Crippen molar-refractivity contribution in [3.63, 3.8) is 0 Å². The minimum absolute atomic E-state index is 0.257. The minimum Gasteiger partial charge on any atom is -0.369 e. The van der Waals surface area contributed by atoms with Crippen molar-refractivity contribution in [3.05, 3.63) is 35.8 Å². The zero-order valence-electron chi connectivity index (χ0n) is 20.6. The first-order chi connectivity index (χ1) is 13.7. The molecule has 22 heavy (non-hydrogen) atoms. The molecule has 1 amide bonds. The highest BCUT2D eigenvalue weighted by atomic mass is 16.1. The number of hydrogen-bond donors (Lipinski definition) is 3. The molecular weight excluding hydrogens is 278 g/mol.